The second-order valence-electron chi connectivity index (χ2n) is 7.91. The normalized spacial score (nSPS) is 17.8. The molecule has 0 saturated carbocycles. The van der Waals surface area contributed by atoms with E-state index >= 15 is 0 Å². The fourth-order valence-electron chi connectivity index (χ4n) is 3.97. The molecule has 3 aromatic rings. The molecule has 2 heterocycles. The van der Waals surface area contributed by atoms with Crippen LogP contribution < -0.4 is 9.47 Å². The molecular weight excluding hydrogens is 406 g/mol. The van der Waals surface area contributed by atoms with Gasteiger partial charge in [0.05, 0.1) is 19.7 Å². The minimum absolute atomic E-state index is 0.226. The Kier molecular flexibility index (Phi) is 6.84. The summed E-state index contributed by atoms with van der Waals surface area (Å²) in [5, 5.41) is 0. The van der Waals surface area contributed by atoms with Crippen molar-refractivity contribution in [1.29, 1.82) is 0 Å². The monoisotopic (exact) mass is 433 g/mol. The summed E-state index contributed by atoms with van der Waals surface area (Å²) in [4.78, 5) is 33.5. The molecule has 7 heteroatoms. The highest BCUT2D eigenvalue weighted by Gasteiger charge is 2.37. The molecule has 2 aromatic carbocycles. The summed E-state index contributed by atoms with van der Waals surface area (Å²) in [5.74, 6) is 1.56. The summed E-state index contributed by atoms with van der Waals surface area (Å²) in [5.41, 5.74) is 2.14. The average Bonchev–Trinajstić information content (AvgIpc) is 3.47. The van der Waals surface area contributed by atoms with Crippen LogP contribution in [0.4, 0.5) is 0 Å². The maximum atomic E-state index is 13.0. The summed E-state index contributed by atoms with van der Waals surface area (Å²) in [7, 11) is 1.65. The molecule has 2 atom stereocenters. The van der Waals surface area contributed by atoms with Gasteiger partial charge in [0.15, 0.2) is 5.82 Å². The summed E-state index contributed by atoms with van der Waals surface area (Å²) in [6, 6.07) is 16.9. The minimum Gasteiger partial charge on any atom is -0.497 e. The van der Waals surface area contributed by atoms with Crippen LogP contribution in [0.1, 0.15) is 34.7 Å². The molecule has 0 aliphatic carbocycles. The first kappa shape index (κ1) is 21.6. The van der Waals surface area contributed by atoms with Crippen LogP contribution in [0.3, 0.4) is 0 Å². The molecule has 166 valence electrons. The number of amides is 1. The third kappa shape index (κ3) is 5.17. The molecule has 1 amide bonds. The molecule has 1 aliphatic rings. The first-order valence-corrected chi connectivity index (χ1v) is 10.8. The van der Waals surface area contributed by atoms with Crippen LogP contribution in [0.2, 0.25) is 0 Å². The van der Waals surface area contributed by atoms with Crippen molar-refractivity contribution in [3.05, 3.63) is 77.9 Å². The number of aromatic nitrogens is 2. The van der Waals surface area contributed by atoms with Crippen molar-refractivity contribution in [2.75, 3.05) is 13.7 Å². The third-order valence-corrected chi connectivity index (χ3v) is 5.67. The molecule has 7 nitrogen and oxygen atoms in total. The fraction of sp³-hybridized carbons (Fsp3) is 0.320. The highest BCUT2D eigenvalue weighted by Crippen LogP contribution is 2.23. The molecule has 32 heavy (non-hydrogen) atoms. The van der Waals surface area contributed by atoms with Gasteiger partial charge in [-0.25, -0.2) is 4.98 Å². The fourth-order valence-corrected chi connectivity index (χ4v) is 3.97. The minimum atomic E-state index is -0.514. The Bertz CT molecular complexity index is 1030. The van der Waals surface area contributed by atoms with Crippen molar-refractivity contribution in [2.45, 2.75) is 37.8 Å². The van der Waals surface area contributed by atoms with Gasteiger partial charge in [0.25, 0.3) is 5.91 Å². The molecule has 0 spiro atoms. The molecule has 1 aromatic heterocycles. The number of likely N-dealkylation sites (tertiary alicyclic amines) is 1. The molecule has 0 bridgehead atoms. The van der Waals surface area contributed by atoms with Crippen LogP contribution in [-0.2, 0) is 17.6 Å². The standard InChI is InChI=1S/C25H27N3O4/c1-31-21-12-10-18(11-13-21)6-5-7-19-15-26-24(27-19)25(30)28-16-23(14-20(28)17-29)32-22-8-3-2-4-9-22/h2-4,8-13,15,17,20,23H,5-7,14,16H2,1H3,(H,26,27)/t20-,23+/m0/s1. The largest absolute Gasteiger partial charge is 0.497 e. The van der Waals surface area contributed by atoms with Crippen molar-refractivity contribution in [2.24, 2.45) is 0 Å². The summed E-state index contributed by atoms with van der Waals surface area (Å²) >= 11 is 0. The zero-order valence-electron chi connectivity index (χ0n) is 18.1. The van der Waals surface area contributed by atoms with Crippen molar-refractivity contribution in [1.82, 2.24) is 14.9 Å². The third-order valence-electron chi connectivity index (χ3n) is 5.67. The Morgan fingerprint density at radius 3 is 2.62 bits per heavy atom. The number of nitrogens with one attached hydrogen (secondary N) is 1. The number of ether oxygens (including phenoxy) is 2. The van der Waals surface area contributed by atoms with E-state index in [1.54, 1.807) is 18.2 Å². The molecule has 1 fully saturated rings. The van der Waals surface area contributed by atoms with Crippen molar-refractivity contribution in [3.8, 4) is 11.5 Å². The number of aldehydes is 1. The van der Waals surface area contributed by atoms with E-state index < -0.39 is 6.04 Å². The number of nitrogens with zero attached hydrogens (tertiary/aromatic N) is 2. The smallest absolute Gasteiger partial charge is 0.290 e. The van der Waals surface area contributed by atoms with E-state index in [4.69, 9.17) is 9.47 Å². The summed E-state index contributed by atoms with van der Waals surface area (Å²) in [6.07, 6.45) is 5.38. The van der Waals surface area contributed by atoms with Crippen LogP contribution in [0.5, 0.6) is 11.5 Å². The van der Waals surface area contributed by atoms with Gasteiger partial charge in [0.2, 0.25) is 0 Å². The predicted octanol–water partition coefficient (Wildman–Crippen LogP) is 3.45. The lowest BCUT2D eigenvalue weighted by Crippen LogP contribution is -2.37. The number of hydrogen-bond donors (Lipinski definition) is 1. The zero-order valence-corrected chi connectivity index (χ0v) is 18.1. The molecule has 0 radical (unpaired) electrons. The number of methoxy groups -OCH3 is 1. The van der Waals surface area contributed by atoms with Gasteiger partial charge >= 0.3 is 0 Å². The topological polar surface area (TPSA) is 84.5 Å². The number of rotatable bonds is 9. The maximum absolute atomic E-state index is 13.0. The van der Waals surface area contributed by atoms with Crippen LogP contribution in [0, 0.1) is 0 Å². The van der Waals surface area contributed by atoms with Crippen LogP contribution in [0.15, 0.2) is 60.8 Å². The van der Waals surface area contributed by atoms with E-state index in [-0.39, 0.29) is 17.8 Å². The number of carbonyl (C=O) groups is 2. The van der Waals surface area contributed by atoms with Crippen molar-refractivity contribution >= 4 is 12.2 Å². The van der Waals surface area contributed by atoms with Gasteiger partial charge in [-0.1, -0.05) is 30.3 Å². The number of aryl methyl sites for hydroxylation is 2. The molecule has 1 saturated heterocycles. The van der Waals surface area contributed by atoms with Gasteiger partial charge in [-0.2, -0.15) is 0 Å². The van der Waals surface area contributed by atoms with E-state index in [0.717, 1.165) is 42.7 Å². The number of benzene rings is 2. The first-order valence-electron chi connectivity index (χ1n) is 10.8. The van der Waals surface area contributed by atoms with Crippen molar-refractivity contribution < 1.29 is 19.1 Å². The van der Waals surface area contributed by atoms with Crippen LogP contribution in [0.25, 0.3) is 0 Å². The van der Waals surface area contributed by atoms with Gasteiger partial charge in [-0.05, 0) is 49.1 Å². The quantitative estimate of drug-likeness (QED) is 0.523. The van der Waals surface area contributed by atoms with Gasteiger partial charge in [0.1, 0.15) is 23.9 Å². The second-order valence-corrected chi connectivity index (χ2v) is 7.91. The maximum Gasteiger partial charge on any atom is 0.290 e. The lowest BCUT2D eigenvalue weighted by Gasteiger charge is -2.19. The number of carbonyl (C=O) groups excluding carboxylic acids is 2. The number of H-pyrrole nitrogens is 1. The lowest BCUT2D eigenvalue weighted by atomic mass is 10.1. The van der Waals surface area contributed by atoms with E-state index in [9.17, 15) is 9.59 Å². The molecule has 4 rings (SSSR count). The highest BCUT2D eigenvalue weighted by molar-refractivity contribution is 5.92. The van der Waals surface area contributed by atoms with Gasteiger partial charge < -0.3 is 24.2 Å². The average molecular weight is 434 g/mol. The Morgan fingerprint density at radius 2 is 1.91 bits per heavy atom. The Labute approximate surface area is 187 Å². The van der Waals surface area contributed by atoms with E-state index in [1.807, 2.05) is 42.5 Å². The SMILES string of the molecule is COc1ccc(CCCc2cnc(C(=O)N3C[C@H](Oc4ccccc4)C[C@H]3C=O)[nH]2)cc1. The Morgan fingerprint density at radius 1 is 1.12 bits per heavy atom. The Hall–Kier alpha value is -3.61. The number of hydrogen-bond acceptors (Lipinski definition) is 5. The van der Waals surface area contributed by atoms with E-state index in [2.05, 4.69) is 22.1 Å². The molecule has 1 N–H and O–H groups in total. The zero-order chi connectivity index (χ0) is 22.3. The lowest BCUT2D eigenvalue weighted by molar-refractivity contribution is -0.111. The number of para-hydroxylation sites is 1. The Balaban J connectivity index is 1.32. The van der Waals surface area contributed by atoms with Crippen LogP contribution in [-0.4, -0.2) is 52.9 Å². The first-order chi connectivity index (χ1) is 15.7. The molecular formula is C25H27N3O4. The van der Waals surface area contributed by atoms with Crippen molar-refractivity contribution in [3.63, 3.8) is 0 Å². The van der Waals surface area contributed by atoms with E-state index in [0.29, 0.717) is 13.0 Å². The number of aromatic amines is 1. The predicted molar refractivity (Wildman–Crippen MR) is 120 cm³/mol. The van der Waals surface area contributed by atoms with Gasteiger partial charge in [0, 0.05) is 18.3 Å². The summed E-state index contributed by atoms with van der Waals surface area (Å²) < 4.78 is 11.1. The van der Waals surface area contributed by atoms with E-state index in [1.165, 1.54) is 5.56 Å². The summed E-state index contributed by atoms with van der Waals surface area (Å²) in [6.45, 7) is 0.352. The molecule has 1 aliphatic heterocycles. The van der Waals surface area contributed by atoms with Gasteiger partial charge in [-0.15, -0.1) is 0 Å². The molecule has 0 unspecified atom stereocenters. The highest BCUT2D eigenvalue weighted by atomic mass is 16.5. The van der Waals surface area contributed by atoms with Gasteiger partial charge in [-0.3, -0.25) is 4.79 Å². The number of imidazole rings is 1. The van der Waals surface area contributed by atoms with Crippen LogP contribution >= 0.6 is 0 Å². The second kappa shape index (κ2) is 10.1.